The normalized spacial score (nSPS) is 39.0. The maximum atomic E-state index is 12.6. The first-order valence-electron chi connectivity index (χ1n) is 9.44. The average molecular weight is 343 g/mol. The van der Waals surface area contributed by atoms with Crippen molar-refractivity contribution < 1.29 is 15.0 Å². The monoisotopic (exact) mass is 343 g/mol. The van der Waals surface area contributed by atoms with Crippen molar-refractivity contribution in [2.75, 3.05) is 6.54 Å². The molecule has 1 aromatic rings. The van der Waals surface area contributed by atoms with Crippen molar-refractivity contribution in [3.63, 3.8) is 0 Å². The highest BCUT2D eigenvalue weighted by Crippen LogP contribution is 2.66. The Bertz CT molecular complexity index is 756. The second-order valence-electron chi connectivity index (χ2n) is 9.50. The number of aromatic hydroxyl groups is 2. The third-order valence-electron chi connectivity index (χ3n) is 7.90. The summed E-state index contributed by atoms with van der Waals surface area (Å²) in [4.78, 5) is 12.6. The van der Waals surface area contributed by atoms with Gasteiger partial charge in [-0.1, -0.05) is 27.7 Å². The van der Waals surface area contributed by atoms with E-state index >= 15 is 0 Å². The van der Waals surface area contributed by atoms with Crippen LogP contribution in [0.25, 0.3) is 0 Å². The number of benzene rings is 1. The predicted molar refractivity (Wildman–Crippen MR) is 96.6 cm³/mol. The minimum absolute atomic E-state index is 0.0245. The number of amides is 1. The van der Waals surface area contributed by atoms with E-state index < -0.39 is 0 Å². The van der Waals surface area contributed by atoms with Crippen molar-refractivity contribution >= 4 is 5.91 Å². The maximum Gasteiger partial charge on any atom is 0.225 e. The van der Waals surface area contributed by atoms with Gasteiger partial charge in [0.05, 0.1) is 0 Å². The van der Waals surface area contributed by atoms with E-state index in [1.54, 1.807) is 0 Å². The van der Waals surface area contributed by atoms with Gasteiger partial charge < -0.3 is 15.5 Å². The smallest absolute Gasteiger partial charge is 0.225 e. The second kappa shape index (κ2) is 4.93. The van der Waals surface area contributed by atoms with Crippen molar-refractivity contribution in [3.8, 4) is 11.5 Å². The maximum absolute atomic E-state index is 12.6. The molecule has 4 atom stereocenters. The van der Waals surface area contributed by atoms with Crippen LogP contribution in [-0.2, 0) is 16.6 Å². The van der Waals surface area contributed by atoms with Gasteiger partial charge in [-0.15, -0.1) is 0 Å². The molecule has 1 saturated heterocycles. The SMILES string of the molecule is CC1(C)C(=O)NCC[C@@]2(C)[C@H]1CC[C@@]1(C)c3c(O)cc(O)cc3C[C@@H]21. The molecule has 3 aliphatic rings. The molecule has 0 radical (unpaired) electrons. The molecular weight excluding hydrogens is 314 g/mol. The molecular formula is C21H29NO3. The van der Waals surface area contributed by atoms with Gasteiger partial charge in [0, 0.05) is 29.0 Å². The molecule has 25 heavy (non-hydrogen) atoms. The van der Waals surface area contributed by atoms with Gasteiger partial charge in [-0.2, -0.15) is 0 Å². The first kappa shape index (κ1) is 16.7. The Kier molecular flexibility index (Phi) is 3.30. The van der Waals surface area contributed by atoms with Crippen LogP contribution in [0.3, 0.4) is 0 Å². The zero-order chi connectivity index (χ0) is 18.2. The van der Waals surface area contributed by atoms with Crippen molar-refractivity contribution in [2.24, 2.45) is 22.7 Å². The highest BCUT2D eigenvalue weighted by Gasteiger charge is 2.62. The van der Waals surface area contributed by atoms with Gasteiger partial charge in [-0.3, -0.25) is 4.79 Å². The highest BCUT2D eigenvalue weighted by atomic mass is 16.3. The van der Waals surface area contributed by atoms with E-state index in [4.69, 9.17) is 0 Å². The molecule has 1 heterocycles. The van der Waals surface area contributed by atoms with E-state index in [1.165, 1.54) is 6.07 Å². The van der Waals surface area contributed by atoms with Crippen molar-refractivity contribution in [1.82, 2.24) is 5.32 Å². The molecule has 3 N–H and O–H groups in total. The van der Waals surface area contributed by atoms with E-state index in [0.717, 1.165) is 43.4 Å². The summed E-state index contributed by atoms with van der Waals surface area (Å²) >= 11 is 0. The zero-order valence-electron chi connectivity index (χ0n) is 15.6. The van der Waals surface area contributed by atoms with Crippen LogP contribution < -0.4 is 5.32 Å². The first-order chi connectivity index (χ1) is 11.6. The summed E-state index contributed by atoms with van der Waals surface area (Å²) < 4.78 is 0. The summed E-state index contributed by atoms with van der Waals surface area (Å²) in [6.07, 6.45) is 3.79. The number of phenols is 2. The number of fused-ring (bicyclic) bond motifs is 5. The molecule has 0 spiro atoms. The lowest BCUT2D eigenvalue weighted by Crippen LogP contribution is -2.54. The Morgan fingerprint density at radius 2 is 1.80 bits per heavy atom. The highest BCUT2D eigenvalue weighted by molar-refractivity contribution is 5.82. The number of carbonyl (C=O) groups is 1. The Hall–Kier alpha value is -1.71. The summed E-state index contributed by atoms with van der Waals surface area (Å²) in [7, 11) is 0. The van der Waals surface area contributed by atoms with Crippen LogP contribution in [0.2, 0.25) is 0 Å². The minimum Gasteiger partial charge on any atom is -0.508 e. The van der Waals surface area contributed by atoms with Crippen molar-refractivity contribution in [2.45, 2.75) is 58.8 Å². The van der Waals surface area contributed by atoms with E-state index in [-0.39, 0.29) is 33.7 Å². The molecule has 1 amide bonds. The zero-order valence-corrected chi connectivity index (χ0v) is 15.6. The number of phenolic OH excluding ortho intramolecular Hbond substituents is 2. The standard InChI is InChI=1S/C21H29NO3/c1-19(2)15-5-6-21(4)16(20(15,3)7-8-22-18(19)25)10-12-9-13(23)11-14(24)17(12)21/h9,11,15-16,23-24H,5-8,10H2,1-4H3,(H,22,25)/t15-,16-,20-,21+/m0/s1. The van der Waals surface area contributed by atoms with Gasteiger partial charge >= 0.3 is 0 Å². The lowest BCUT2D eigenvalue weighted by Gasteiger charge is -2.56. The third kappa shape index (κ3) is 2.03. The lowest BCUT2D eigenvalue weighted by atomic mass is 9.47. The van der Waals surface area contributed by atoms with Crippen molar-refractivity contribution in [3.05, 3.63) is 23.3 Å². The number of hydrogen-bond acceptors (Lipinski definition) is 3. The van der Waals surface area contributed by atoms with Gasteiger partial charge in [0.15, 0.2) is 0 Å². The van der Waals surface area contributed by atoms with Crippen LogP contribution in [-0.4, -0.2) is 22.7 Å². The molecule has 4 heteroatoms. The predicted octanol–water partition coefficient (Wildman–Crippen LogP) is 3.49. The average Bonchev–Trinajstić information content (AvgIpc) is 2.76. The Morgan fingerprint density at radius 3 is 2.52 bits per heavy atom. The molecule has 4 rings (SSSR count). The summed E-state index contributed by atoms with van der Waals surface area (Å²) in [5, 5.41) is 23.6. The molecule has 136 valence electrons. The number of carbonyl (C=O) groups excluding carboxylic acids is 1. The van der Waals surface area contributed by atoms with Crippen LogP contribution in [0, 0.1) is 22.7 Å². The van der Waals surface area contributed by atoms with E-state index in [2.05, 4.69) is 33.0 Å². The van der Waals surface area contributed by atoms with E-state index in [9.17, 15) is 15.0 Å². The number of rotatable bonds is 0. The molecule has 0 aromatic heterocycles. The summed E-state index contributed by atoms with van der Waals surface area (Å²) in [6, 6.07) is 3.30. The fourth-order valence-electron chi connectivity index (χ4n) is 6.75. The molecule has 1 aliphatic heterocycles. The van der Waals surface area contributed by atoms with Crippen LogP contribution >= 0.6 is 0 Å². The summed E-state index contributed by atoms with van der Waals surface area (Å²) in [6.45, 7) is 9.52. The van der Waals surface area contributed by atoms with Crippen LogP contribution in [0.15, 0.2) is 12.1 Å². The second-order valence-corrected chi connectivity index (χ2v) is 9.50. The van der Waals surface area contributed by atoms with Gasteiger partial charge in [0.25, 0.3) is 0 Å². The molecule has 2 aliphatic carbocycles. The Balaban J connectivity index is 1.85. The van der Waals surface area contributed by atoms with E-state index in [1.807, 2.05) is 6.07 Å². The summed E-state index contributed by atoms with van der Waals surface area (Å²) in [5.41, 5.74) is 1.65. The van der Waals surface area contributed by atoms with Gasteiger partial charge in [-0.05, 0) is 54.6 Å². The molecule has 1 saturated carbocycles. The number of nitrogens with one attached hydrogen (secondary N) is 1. The Morgan fingerprint density at radius 1 is 1.08 bits per heavy atom. The lowest BCUT2D eigenvalue weighted by molar-refractivity contribution is -0.138. The van der Waals surface area contributed by atoms with Crippen molar-refractivity contribution in [1.29, 1.82) is 0 Å². The first-order valence-corrected chi connectivity index (χ1v) is 9.44. The summed E-state index contributed by atoms with van der Waals surface area (Å²) in [5.74, 6) is 1.22. The van der Waals surface area contributed by atoms with Gasteiger partial charge in [0.2, 0.25) is 5.91 Å². The molecule has 1 aromatic carbocycles. The molecule has 0 unspecified atom stereocenters. The quantitative estimate of drug-likeness (QED) is 0.675. The van der Waals surface area contributed by atoms with Crippen LogP contribution in [0.1, 0.15) is 58.1 Å². The molecule has 0 bridgehead atoms. The third-order valence-corrected chi connectivity index (χ3v) is 7.90. The number of hydrogen-bond donors (Lipinski definition) is 3. The van der Waals surface area contributed by atoms with Crippen LogP contribution in [0.5, 0.6) is 11.5 Å². The molecule has 2 fully saturated rings. The topological polar surface area (TPSA) is 69.6 Å². The van der Waals surface area contributed by atoms with Gasteiger partial charge in [0.1, 0.15) is 11.5 Å². The van der Waals surface area contributed by atoms with Gasteiger partial charge in [-0.25, -0.2) is 0 Å². The Labute approximate surface area is 149 Å². The van der Waals surface area contributed by atoms with Crippen LogP contribution in [0.4, 0.5) is 0 Å². The largest absolute Gasteiger partial charge is 0.508 e. The fraction of sp³-hybridized carbons (Fsp3) is 0.667. The fourth-order valence-corrected chi connectivity index (χ4v) is 6.75. The van der Waals surface area contributed by atoms with E-state index in [0.29, 0.717) is 11.8 Å². The molecule has 4 nitrogen and oxygen atoms in total. The minimum atomic E-state index is -0.383.